The van der Waals surface area contributed by atoms with E-state index in [2.05, 4.69) is 16.3 Å². The van der Waals surface area contributed by atoms with Crippen LogP contribution in [0.4, 0.5) is 29.2 Å². The van der Waals surface area contributed by atoms with Gasteiger partial charge in [0, 0.05) is 50.1 Å². The van der Waals surface area contributed by atoms with E-state index in [4.69, 9.17) is 29.2 Å². The normalized spacial score (nSPS) is 21.5. The molecule has 3 aliphatic rings. The minimum Gasteiger partial charge on any atom is -0.461 e. The van der Waals surface area contributed by atoms with E-state index in [1.807, 2.05) is 38.8 Å². The number of likely N-dealkylation sites (N-methyl/N-ethyl adjacent to an activating group) is 1. The largest absolute Gasteiger partial charge is 0.461 e. The second-order valence-electron chi connectivity index (χ2n) is 16.6. The molecule has 3 aliphatic heterocycles. The SMILES string of the molecule is CN(c1nc(OC[C@@]23CCCN2C[C@H](F)C3)nc2nc(-c3ccc(F)c4sc(NC(=O)OC(C)(C)C)c(C#N)c34)ccc12)[C@@H]1CCN(C(=O)OC(C)(C)C)C1. The lowest BCUT2D eigenvalue weighted by atomic mass is 9.95. The van der Waals surface area contributed by atoms with Crippen molar-refractivity contribution in [2.45, 2.75) is 96.2 Å². The van der Waals surface area contributed by atoms with Gasteiger partial charge in [0.15, 0.2) is 5.65 Å². The summed E-state index contributed by atoms with van der Waals surface area (Å²) in [4.78, 5) is 46.0. The quantitative estimate of drug-likeness (QED) is 0.197. The van der Waals surface area contributed by atoms with E-state index in [1.165, 1.54) is 6.07 Å². The molecule has 7 rings (SSSR count). The number of hydrogen-bond donors (Lipinski definition) is 1. The van der Waals surface area contributed by atoms with Gasteiger partial charge >= 0.3 is 18.2 Å². The van der Waals surface area contributed by atoms with E-state index in [9.17, 15) is 19.2 Å². The fraction of sp³-hybridized carbons (Fsp3) is 0.538. The van der Waals surface area contributed by atoms with Crippen LogP contribution < -0.4 is 15.0 Å². The van der Waals surface area contributed by atoms with E-state index in [0.29, 0.717) is 66.0 Å². The molecule has 1 N–H and O–H groups in total. The zero-order valence-electron chi connectivity index (χ0n) is 32.2. The summed E-state index contributed by atoms with van der Waals surface area (Å²) >= 11 is 0.938. The number of nitrogens with zero attached hydrogens (tertiary/aromatic N) is 7. The first-order valence-electron chi connectivity index (χ1n) is 18.5. The maximum atomic E-state index is 15.3. The molecule has 0 spiro atoms. The van der Waals surface area contributed by atoms with E-state index in [-0.39, 0.29) is 40.0 Å². The molecule has 3 saturated heterocycles. The summed E-state index contributed by atoms with van der Waals surface area (Å²) in [5, 5.41) is 14.0. The average Bonchev–Trinajstić information content (AvgIpc) is 3.88. The fourth-order valence-electron chi connectivity index (χ4n) is 7.81. The first kappa shape index (κ1) is 38.4. The Kier molecular flexibility index (Phi) is 10.00. The molecule has 2 amide bonds. The number of amides is 2. The van der Waals surface area contributed by atoms with E-state index >= 15 is 4.39 Å². The highest BCUT2D eigenvalue weighted by molar-refractivity contribution is 7.23. The summed E-state index contributed by atoms with van der Waals surface area (Å²) in [6.07, 6.45) is 0.745. The van der Waals surface area contributed by atoms with Crippen LogP contribution in [-0.2, 0) is 9.47 Å². The number of carbonyl (C=O) groups excluding carboxylic acids is 2. The number of aromatic nitrogens is 3. The number of likely N-dealkylation sites (tertiary alicyclic amines) is 1. The number of ether oxygens (including phenoxy) is 3. The lowest BCUT2D eigenvalue weighted by molar-refractivity contribution is 0.0292. The number of alkyl halides is 1. The Morgan fingerprint density at radius 1 is 1.07 bits per heavy atom. The Hall–Kier alpha value is -4.88. The maximum absolute atomic E-state index is 15.3. The second kappa shape index (κ2) is 14.3. The van der Waals surface area contributed by atoms with Gasteiger partial charge in [-0.3, -0.25) is 10.2 Å². The molecular weight excluding hydrogens is 731 g/mol. The van der Waals surface area contributed by atoms with Crippen LogP contribution in [0.25, 0.3) is 32.4 Å². The Balaban J connectivity index is 1.27. The lowest BCUT2D eigenvalue weighted by Gasteiger charge is -2.31. The molecule has 0 radical (unpaired) electrons. The van der Waals surface area contributed by atoms with Gasteiger partial charge in [0.1, 0.15) is 46.7 Å². The van der Waals surface area contributed by atoms with Crippen LogP contribution in [0.15, 0.2) is 24.3 Å². The Morgan fingerprint density at radius 2 is 1.84 bits per heavy atom. The van der Waals surface area contributed by atoms with Crippen LogP contribution in [-0.4, -0.2) is 106 Å². The van der Waals surface area contributed by atoms with Crippen LogP contribution in [0.1, 0.15) is 72.8 Å². The van der Waals surface area contributed by atoms with Crippen molar-refractivity contribution < 1.29 is 32.6 Å². The van der Waals surface area contributed by atoms with Crippen molar-refractivity contribution in [1.82, 2.24) is 24.8 Å². The Morgan fingerprint density at radius 3 is 2.56 bits per heavy atom. The van der Waals surface area contributed by atoms with Crippen molar-refractivity contribution in [2.24, 2.45) is 0 Å². The maximum Gasteiger partial charge on any atom is 0.412 e. The van der Waals surface area contributed by atoms with Gasteiger partial charge in [0.25, 0.3) is 0 Å². The fourth-order valence-corrected chi connectivity index (χ4v) is 8.87. The molecule has 0 aliphatic carbocycles. The van der Waals surface area contributed by atoms with Gasteiger partial charge in [-0.05, 0) is 91.6 Å². The minimum absolute atomic E-state index is 0.0749. The molecule has 3 fully saturated rings. The zero-order valence-corrected chi connectivity index (χ0v) is 33.0. The Labute approximate surface area is 322 Å². The lowest BCUT2D eigenvalue weighted by Crippen LogP contribution is -2.43. The number of thiophene rings is 1. The first-order valence-corrected chi connectivity index (χ1v) is 19.3. The van der Waals surface area contributed by atoms with Crippen molar-refractivity contribution >= 4 is 55.5 Å². The van der Waals surface area contributed by atoms with Gasteiger partial charge < -0.3 is 24.0 Å². The van der Waals surface area contributed by atoms with Gasteiger partial charge in [-0.1, -0.05) is 0 Å². The topological polar surface area (TPSA) is 146 Å². The molecule has 0 bridgehead atoms. The number of rotatable bonds is 7. The van der Waals surface area contributed by atoms with E-state index in [0.717, 1.165) is 30.7 Å². The number of anilines is 2. The van der Waals surface area contributed by atoms with Crippen LogP contribution in [0, 0.1) is 17.1 Å². The molecule has 292 valence electrons. The number of hydrogen-bond acceptors (Lipinski definition) is 12. The standard InChI is InChI=1S/C39H46F2N8O5S/c1-37(2,3)53-35(50)46-33-26(18-42)29-24(9-11-27(41)30(29)55-33)28-12-10-25-31(43-28)44-34(52-21-39-14-8-15-49(39)19-22(40)17-39)45-32(25)47(7)23-13-16-48(20-23)36(51)54-38(4,5)6/h9-12,22-23H,8,13-17,19-21H2,1-7H3,(H,46,50)/t22-,23-,39+/m1/s1. The summed E-state index contributed by atoms with van der Waals surface area (Å²) in [5.41, 5.74) is -0.608. The molecule has 3 aromatic heterocycles. The smallest absolute Gasteiger partial charge is 0.412 e. The number of nitriles is 1. The molecule has 4 aromatic rings. The number of benzene rings is 1. The van der Waals surface area contributed by atoms with Gasteiger partial charge in [-0.15, -0.1) is 11.3 Å². The monoisotopic (exact) mass is 776 g/mol. The van der Waals surface area contributed by atoms with Crippen LogP contribution >= 0.6 is 11.3 Å². The first-order chi connectivity index (χ1) is 25.9. The Bertz CT molecular complexity index is 2200. The average molecular weight is 777 g/mol. The molecule has 0 saturated carbocycles. The zero-order chi connectivity index (χ0) is 39.4. The number of nitrogens with one attached hydrogen (secondary N) is 1. The van der Waals surface area contributed by atoms with E-state index in [1.54, 1.807) is 37.8 Å². The number of pyridine rings is 1. The van der Waals surface area contributed by atoms with Gasteiger partial charge in [-0.2, -0.15) is 15.2 Å². The summed E-state index contributed by atoms with van der Waals surface area (Å²) in [6, 6.07) is 8.53. The molecule has 6 heterocycles. The number of carbonyl (C=O) groups is 2. The second-order valence-corrected chi connectivity index (χ2v) is 17.6. The summed E-state index contributed by atoms with van der Waals surface area (Å²) in [5.74, 6) is -0.0213. The third kappa shape index (κ3) is 7.82. The van der Waals surface area contributed by atoms with Crippen molar-refractivity contribution in [1.29, 1.82) is 5.26 Å². The van der Waals surface area contributed by atoms with Crippen LogP contribution in [0.3, 0.4) is 0 Å². The van der Waals surface area contributed by atoms with Gasteiger partial charge in [0.2, 0.25) is 0 Å². The minimum atomic E-state index is -0.926. The number of fused-ring (bicyclic) bond motifs is 3. The highest BCUT2D eigenvalue weighted by Crippen LogP contribution is 2.43. The predicted octanol–water partition coefficient (Wildman–Crippen LogP) is 7.67. The van der Waals surface area contributed by atoms with Crippen LogP contribution in [0.2, 0.25) is 0 Å². The molecule has 0 unspecified atom stereocenters. The van der Waals surface area contributed by atoms with Crippen molar-refractivity contribution in [3.05, 3.63) is 35.6 Å². The molecule has 16 heteroatoms. The number of halogens is 2. The highest BCUT2D eigenvalue weighted by atomic mass is 32.1. The molecular formula is C39H46F2N8O5S. The molecule has 3 atom stereocenters. The van der Waals surface area contributed by atoms with E-state index < -0.39 is 34.8 Å². The molecule has 13 nitrogen and oxygen atoms in total. The predicted molar refractivity (Wildman–Crippen MR) is 206 cm³/mol. The van der Waals surface area contributed by atoms with Crippen molar-refractivity contribution in [2.75, 3.05) is 50.1 Å². The highest BCUT2D eigenvalue weighted by Gasteiger charge is 2.49. The van der Waals surface area contributed by atoms with Crippen LogP contribution in [0.5, 0.6) is 6.01 Å². The van der Waals surface area contributed by atoms with Crippen molar-refractivity contribution in [3.63, 3.8) is 0 Å². The third-order valence-electron chi connectivity index (χ3n) is 10.2. The van der Waals surface area contributed by atoms with Gasteiger partial charge in [0.05, 0.1) is 26.9 Å². The summed E-state index contributed by atoms with van der Waals surface area (Å²) < 4.78 is 47.5. The summed E-state index contributed by atoms with van der Waals surface area (Å²) in [7, 11) is 1.90. The third-order valence-corrected chi connectivity index (χ3v) is 11.4. The molecule has 55 heavy (non-hydrogen) atoms. The molecule has 1 aromatic carbocycles. The van der Waals surface area contributed by atoms with Crippen molar-refractivity contribution in [3.8, 4) is 23.3 Å². The van der Waals surface area contributed by atoms with Gasteiger partial charge in [-0.25, -0.2) is 23.4 Å². The summed E-state index contributed by atoms with van der Waals surface area (Å²) in [6.45, 7) is 13.0.